The molecule has 0 aliphatic heterocycles. The Morgan fingerprint density at radius 3 is 0.938 bits per heavy atom. The predicted molar refractivity (Wildman–Crippen MR) is 212 cm³/mol. The number of carbonyl (C=O) groups excluding carboxylic acids is 1. The molecule has 1 amide bonds. The van der Waals surface area contributed by atoms with Crippen LogP contribution in [0.4, 0.5) is 0 Å². The molecule has 4 heteroatoms. The van der Waals surface area contributed by atoms with Crippen molar-refractivity contribution in [1.82, 2.24) is 5.32 Å². The standard InChI is InChI=1S/C44H89NO3/c1-3-5-7-9-11-13-15-17-18-19-20-21-22-23-24-25-26-28-30-32-34-36-38-40-44(48)45-42(41-46)43(47)39-37-35-33-31-29-27-16-14-12-10-8-6-4-2/h42-43,46-47H,3-41H2,1-2H3,(H,45,48)/t42-,43?/m0/s1. The Bertz CT molecular complexity index is 612. The molecule has 0 spiro atoms. The SMILES string of the molecule is CCCCCCCCCCCCCCCCCCCCCCCCCC(=O)N[C@@H](CO)C(O)CCCCCCCCCCCCCCC. The van der Waals surface area contributed by atoms with Crippen LogP contribution >= 0.6 is 0 Å². The first kappa shape index (κ1) is 47.4. The van der Waals surface area contributed by atoms with Crippen molar-refractivity contribution >= 4 is 5.91 Å². The Hall–Kier alpha value is -0.610. The van der Waals surface area contributed by atoms with Gasteiger partial charge in [0, 0.05) is 6.42 Å². The van der Waals surface area contributed by atoms with E-state index in [1.807, 2.05) is 0 Å². The van der Waals surface area contributed by atoms with Gasteiger partial charge in [0.05, 0.1) is 18.8 Å². The lowest BCUT2D eigenvalue weighted by atomic mass is 10.0. The van der Waals surface area contributed by atoms with Gasteiger partial charge in [0.2, 0.25) is 5.91 Å². The minimum Gasteiger partial charge on any atom is -0.394 e. The molecule has 0 radical (unpaired) electrons. The summed E-state index contributed by atoms with van der Waals surface area (Å²) in [6.45, 7) is 4.38. The van der Waals surface area contributed by atoms with E-state index in [4.69, 9.17) is 0 Å². The number of carbonyl (C=O) groups is 1. The number of rotatable bonds is 41. The number of aliphatic hydroxyl groups excluding tert-OH is 2. The summed E-state index contributed by atoms with van der Waals surface area (Å²) in [5, 5.41) is 23.1. The summed E-state index contributed by atoms with van der Waals surface area (Å²) >= 11 is 0. The van der Waals surface area contributed by atoms with Gasteiger partial charge in [0.25, 0.3) is 0 Å². The quantitative estimate of drug-likeness (QED) is 0.0563. The van der Waals surface area contributed by atoms with Crippen molar-refractivity contribution in [3.63, 3.8) is 0 Å². The van der Waals surface area contributed by atoms with Gasteiger partial charge in [-0.1, -0.05) is 239 Å². The van der Waals surface area contributed by atoms with Crippen LogP contribution in [-0.2, 0) is 4.79 Å². The van der Waals surface area contributed by atoms with E-state index >= 15 is 0 Å². The first-order valence-electron chi connectivity index (χ1n) is 22.2. The zero-order valence-corrected chi connectivity index (χ0v) is 33.0. The van der Waals surface area contributed by atoms with Crippen molar-refractivity contribution in [2.24, 2.45) is 0 Å². The van der Waals surface area contributed by atoms with Gasteiger partial charge in [-0.25, -0.2) is 0 Å². The Morgan fingerprint density at radius 2 is 0.667 bits per heavy atom. The summed E-state index contributed by atoms with van der Waals surface area (Å²) in [7, 11) is 0. The molecule has 0 bridgehead atoms. The van der Waals surface area contributed by atoms with Crippen LogP contribution in [0.15, 0.2) is 0 Å². The molecule has 0 heterocycles. The average Bonchev–Trinajstić information content (AvgIpc) is 3.09. The van der Waals surface area contributed by atoms with Gasteiger partial charge in [-0.05, 0) is 12.8 Å². The second-order valence-electron chi connectivity index (χ2n) is 15.5. The molecule has 3 N–H and O–H groups in total. The monoisotopic (exact) mass is 680 g/mol. The van der Waals surface area contributed by atoms with Crippen LogP contribution in [0.2, 0.25) is 0 Å². The number of amides is 1. The molecule has 4 nitrogen and oxygen atoms in total. The molecule has 48 heavy (non-hydrogen) atoms. The third kappa shape index (κ3) is 36.7. The molecular formula is C44H89NO3. The fraction of sp³-hybridized carbons (Fsp3) is 0.977. The van der Waals surface area contributed by atoms with E-state index in [-0.39, 0.29) is 12.5 Å². The highest BCUT2D eigenvalue weighted by Crippen LogP contribution is 2.17. The number of hydrogen-bond acceptors (Lipinski definition) is 3. The summed E-state index contributed by atoms with van der Waals surface area (Å²) in [4.78, 5) is 12.4. The summed E-state index contributed by atoms with van der Waals surface area (Å²) in [6.07, 6.45) is 49.0. The average molecular weight is 680 g/mol. The van der Waals surface area contributed by atoms with Gasteiger partial charge in [-0.15, -0.1) is 0 Å². The molecule has 0 aromatic heterocycles. The summed E-state index contributed by atoms with van der Waals surface area (Å²) < 4.78 is 0. The Labute approximate surface area is 302 Å². The smallest absolute Gasteiger partial charge is 0.220 e. The van der Waals surface area contributed by atoms with E-state index in [2.05, 4.69) is 19.2 Å². The van der Waals surface area contributed by atoms with Gasteiger partial charge in [-0.3, -0.25) is 4.79 Å². The first-order chi connectivity index (χ1) is 23.7. The fourth-order valence-electron chi connectivity index (χ4n) is 7.19. The van der Waals surface area contributed by atoms with Crippen LogP contribution in [0, 0.1) is 0 Å². The van der Waals surface area contributed by atoms with E-state index in [1.165, 1.54) is 205 Å². The van der Waals surface area contributed by atoms with Crippen molar-refractivity contribution in [1.29, 1.82) is 0 Å². The minimum atomic E-state index is -0.652. The molecule has 0 fully saturated rings. The molecule has 0 aromatic rings. The van der Waals surface area contributed by atoms with Crippen molar-refractivity contribution in [3.8, 4) is 0 Å². The molecule has 0 saturated carbocycles. The van der Waals surface area contributed by atoms with Crippen molar-refractivity contribution in [3.05, 3.63) is 0 Å². The van der Waals surface area contributed by atoms with Crippen LogP contribution in [-0.4, -0.2) is 34.9 Å². The maximum atomic E-state index is 12.4. The minimum absolute atomic E-state index is 0.0260. The normalized spacial score (nSPS) is 12.8. The van der Waals surface area contributed by atoms with E-state index < -0.39 is 12.1 Å². The highest BCUT2D eigenvalue weighted by atomic mass is 16.3. The molecule has 0 saturated heterocycles. The third-order valence-electron chi connectivity index (χ3n) is 10.6. The molecule has 1 unspecified atom stereocenters. The summed E-state index contributed by atoms with van der Waals surface area (Å²) in [5.74, 6) is -0.0260. The lowest BCUT2D eigenvalue weighted by Crippen LogP contribution is -2.45. The van der Waals surface area contributed by atoms with E-state index in [0.29, 0.717) is 12.8 Å². The first-order valence-corrected chi connectivity index (χ1v) is 22.2. The number of aliphatic hydroxyl groups is 2. The van der Waals surface area contributed by atoms with E-state index in [0.717, 1.165) is 25.7 Å². The van der Waals surface area contributed by atoms with Crippen LogP contribution in [0.3, 0.4) is 0 Å². The lowest BCUT2D eigenvalue weighted by molar-refractivity contribution is -0.123. The zero-order chi connectivity index (χ0) is 35.0. The number of unbranched alkanes of at least 4 members (excludes halogenated alkanes) is 34. The van der Waals surface area contributed by atoms with Crippen LogP contribution < -0.4 is 5.32 Å². The molecule has 0 aliphatic carbocycles. The molecule has 2 atom stereocenters. The van der Waals surface area contributed by atoms with Gasteiger partial charge in [0.1, 0.15) is 0 Å². The molecule has 0 aliphatic rings. The van der Waals surface area contributed by atoms with E-state index in [1.54, 1.807) is 0 Å². The highest BCUT2D eigenvalue weighted by molar-refractivity contribution is 5.76. The maximum absolute atomic E-state index is 12.4. The Kier molecular flexibility index (Phi) is 40.3. The van der Waals surface area contributed by atoms with Gasteiger partial charge in [0.15, 0.2) is 0 Å². The van der Waals surface area contributed by atoms with Gasteiger partial charge < -0.3 is 15.5 Å². The third-order valence-corrected chi connectivity index (χ3v) is 10.6. The highest BCUT2D eigenvalue weighted by Gasteiger charge is 2.20. The van der Waals surface area contributed by atoms with Crippen LogP contribution in [0.5, 0.6) is 0 Å². The molecule has 0 rings (SSSR count). The number of hydrogen-bond donors (Lipinski definition) is 3. The second-order valence-corrected chi connectivity index (χ2v) is 15.5. The predicted octanol–water partition coefficient (Wildman–Crippen LogP) is 13.7. The van der Waals surface area contributed by atoms with Crippen molar-refractivity contribution in [2.75, 3.05) is 6.61 Å². The lowest BCUT2D eigenvalue weighted by Gasteiger charge is -2.22. The topological polar surface area (TPSA) is 69.6 Å². The second kappa shape index (κ2) is 40.8. The van der Waals surface area contributed by atoms with E-state index in [9.17, 15) is 15.0 Å². The van der Waals surface area contributed by atoms with Crippen molar-refractivity contribution in [2.45, 2.75) is 270 Å². The zero-order valence-electron chi connectivity index (χ0n) is 33.0. The maximum Gasteiger partial charge on any atom is 0.220 e. The van der Waals surface area contributed by atoms with Gasteiger partial charge in [-0.2, -0.15) is 0 Å². The number of nitrogens with one attached hydrogen (secondary N) is 1. The summed E-state index contributed by atoms with van der Waals surface area (Å²) in [5.41, 5.74) is 0. The molecule has 0 aromatic carbocycles. The van der Waals surface area contributed by atoms with Gasteiger partial charge >= 0.3 is 0 Å². The fourth-order valence-corrected chi connectivity index (χ4v) is 7.19. The van der Waals surface area contributed by atoms with Crippen LogP contribution in [0.25, 0.3) is 0 Å². The van der Waals surface area contributed by atoms with Crippen LogP contribution in [0.1, 0.15) is 258 Å². The summed E-state index contributed by atoms with van der Waals surface area (Å²) in [6, 6.07) is -0.528. The molecule has 288 valence electrons. The Balaban J connectivity index is 3.43. The Morgan fingerprint density at radius 1 is 0.417 bits per heavy atom. The largest absolute Gasteiger partial charge is 0.394 e. The van der Waals surface area contributed by atoms with Crippen molar-refractivity contribution < 1.29 is 15.0 Å². The molecular weight excluding hydrogens is 590 g/mol.